The van der Waals surface area contributed by atoms with Crippen molar-refractivity contribution in [3.63, 3.8) is 0 Å². The molecule has 1 aromatic carbocycles. The third-order valence-corrected chi connectivity index (χ3v) is 22.3. The van der Waals surface area contributed by atoms with E-state index in [-0.39, 0.29) is 22.3 Å². The minimum absolute atomic E-state index is 0.00837. The van der Waals surface area contributed by atoms with Crippen LogP contribution in [0.4, 0.5) is 0 Å². The highest BCUT2D eigenvalue weighted by molar-refractivity contribution is 6.74. The number of ether oxygens (including phenoxy) is 1. The minimum atomic E-state index is -2.00. The molecule has 0 aliphatic heterocycles. The Morgan fingerprint density at radius 2 is 1.45 bits per heavy atom. The Morgan fingerprint density at radius 1 is 0.878 bits per heavy atom. The van der Waals surface area contributed by atoms with Crippen LogP contribution < -0.4 is 4.74 Å². The van der Waals surface area contributed by atoms with Crippen molar-refractivity contribution < 1.29 is 18.7 Å². The van der Waals surface area contributed by atoms with Crippen LogP contribution in [0.25, 0.3) is 0 Å². The first-order valence-corrected chi connectivity index (χ1v) is 25.1. The van der Waals surface area contributed by atoms with Crippen LogP contribution in [0.15, 0.2) is 59.7 Å². The largest absolute Gasteiger partial charge is 0.493 e. The van der Waals surface area contributed by atoms with E-state index in [1.54, 1.807) is 5.57 Å². The predicted molar refractivity (Wildman–Crippen MR) is 213 cm³/mol. The summed E-state index contributed by atoms with van der Waals surface area (Å²) < 4.78 is 20.6. The standard InChI is InChI=1S/C43H72O4Si2/c1-29-19-21-33(37-24-23-36(40(29)37)30(2)28-45-35-18-16-17-34(27-35)43(10,11)44)22-20-32-25-38(46-48(12,13)41(4,5)6)31(3)39(26-32)47-49(14,15)42(7,8)9/h16-18,20,22,27,29-30,36-40,44H,3,19,21,23-26,28H2,1-2,4-15H3/b32-20?,33-22+/t29-,30-,36-,37+,38-,39+,40+/m0/s1. The second-order valence-electron chi connectivity index (χ2n) is 19.6. The maximum atomic E-state index is 10.5. The summed E-state index contributed by atoms with van der Waals surface area (Å²) in [6.45, 7) is 37.3. The average molecular weight is 709 g/mol. The summed E-state index contributed by atoms with van der Waals surface area (Å²) >= 11 is 0. The molecule has 0 spiro atoms. The second-order valence-corrected chi connectivity index (χ2v) is 29.1. The Morgan fingerprint density at radius 3 is 1.98 bits per heavy atom. The lowest BCUT2D eigenvalue weighted by molar-refractivity contribution is 0.0779. The van der Waals surface area contributed by atoms with Gasteiger partial charge in [-0.2, -0.15) is 0 Å². The number of aliphatic hydroxyl groups is 1. The van der Waals surface area contributed by atoms with Gasteiger partial charge in [0.15, 0.2) is 16.6 Å². The number of hydrogen-bond donors (Lipinski definition) is 1. The molecular formula is C43H72O4Si2. The Kier molecular flexibility index (Phi) is 12.3. The predicted octanol–water partition coefficient (Wildman–Crippen LogP) is 12.0. The number of benzene rings is 1. The van der Waals surface area contributed by atoms with Crippen LogP contribution in [0, 0.1) is 29.6 Å². The fraction of sp³-hybridized carbons (Fsp3) is 0.721. The Bertz CT molecular complexity index is 1330. The summed E-state index contributed by atoms with van der Waals surface area (Å²) in [6.07, 6.45) is 11.9. The van der Waals surface area contributed by atoms with E-state index >= 15 is 0 Å². The summed E-state index contributed by atoms with van der Waals surface area (Å²) in [4.78, 5) is 0. The van der Waals surface area contributed by atoms with E-state index in [4.69, 9.17) is 13.6 Å². The van der Waals surface area contributed by atoms with Crippen molar-refractivity contribution in [1.82, 2.24) is 0 Å². The summed E-state index contributed by atoms with van der Waals surface area (Å²) in [5.74, 6) is 4.08. The van der Waals surface area contributed by atoms with Crippen molar-refractivity contribution in [3.8, 4) is 5.75 Å². The molecule has 0 aromatic heterocycles. The quantitative estimate of drug-likeness (QED) is 0.194. The van der Waals surface area contributed by atoms with Gasteiger partial charge in [0, 0.05) is 0 Å². The molecule has 4 rings (SSSR count). The normalized spacial score (nSPS) is 29.7. The zero-order valence-corrected chi connectivity index (χ0v) is 35.8. The van der Waals surface area contributed by atoms with Gasteiger partial charge in [0.25, 0.3) is 0 Å². The van der Waals surface area contributed by atoms with Crippen LogP contribution in [0.2, 0.25) is 36.3 Å². The topological polar surface area (TPSA) is 47.9 Å². The fourth-order valence-corrected chi connectivity index (χ4v) is 10.6. The van der Waals surface area contributed by atoms with Crippen LogP contribution in [0.5, 0.6) is 5.75 Å². The molecule has 6 heteroatoms. The molecule has 0 saturated heterocycles. The van der Waals surface area contributed by atoms with Gasteiger partial charge >= 0.3 is 0 Å². The maximum Gasteiger partial charge on any atom is 0.192 e. The molecule has 3 saturated carbocycles. The lowest BCUT2D eigenvalue weighted by Gasteiger charge is -2.46. The first kappa shape index (κ1) is 40.3. The van der Waals surface area contributed by atoms with Gasteiger partial charge < -0.3 is 18.7 Å². The highest BCUT2D eigenvalue weighted by Crippen LogP contribution is 2.53. The van der Waals surface area contributed by atoms with E-state index in [0.29, 0.717) is 30.3 Å². The zero-order valence-electron chi connectivity index (χ0n) is 33.8. The molecule has 0 heterocycles. The van der Waals surface area contributed by atoms with Crippen LogP contribution >= 0.6 is 0 Å². The minimum Gasteiger partial charge on any atom is -0.493 e. The highest BCUT2D eigenvalue weighted by Gasteiger charge is 2.47. The van der Waals surface area contributed by atoms with Crippen molar-refractivity contribution in [1.29, 1.82) is 0 Å². The average Bonchev–Trinajstić information content (AvgIpc) is 3.43. The molecule has 3 aliphatic rings. The van der Waals surface area contributed by atoms with Gasteiger partial charge in [-0.3, -0.25) is 0 Å². The van der Waals surface area contributed by atoms with Crippen LogP contribution in [-0.4, -0.2) is 40.6 Å². The molecule has 0 unspecified atom stereocenters. The number of rotatable bonds is 10. The van der Waals surface area contributed by atoms with E-state index in [9.17, 15) is 5.11 Å². The number of allylic oxidation sites excluding steroid dienone is 3. The summed E-state index contributed by atoms with van der Waals surface area (Å²) in [5.41, 5.74) is 4.26. The molecule has 3 aliphatic carbocycles. The van der Waals surface area contributed by atoms with Crippen LogP contribution in [0.1, 0.15) is 113 Å². The van der Waals surface area contributed by atoms with Crippen molar-refractivity contribution in [2.75, 3.05) is 6.61 Å². The molecule has 276 valence electrons. The van der Waals surface area contributed by atoms with E-state index in [1.165, 1.54) is 31.3 Å². The van der Waals surface area contributed by atoms with Gasteiger partial charge in [0.2, 0.25) is 0 Å². The molecule has 4 nitrogen and oxygen atoms in total. The molecular weight excluding hydrogens is 637 g/mol. The van der Waals surface area contributed by atoms with Crippen molar-refractivity contribution in [3.05, 3.63) is 65.3 Å². The number of hydrogen-bond acceptors (Lipinski definition) is 4. The fourth-order valence-electron chi connectivity index (χ4n) is 7.96. The zero-order chi connectivity index (χ0) is 36.7. The van der Waals surface area contributed by atoms with Gasteiger partial charge in [-0.05, 0) is 141 Å². The summed E-state index contributed by atoms with van der Waals surface area (Å²) in [7, 11) is -3.99. The van der Waals surface area contributed by atoms with Crippen molar-refractivity contribution in [2.45, 2.75) is 162 Å². The van der Waals surface area contributed by atoms with E-state index in [1.807, 2.05) is 38.1 Å². The molecule has 49 heavy (non-hydrogen) atoms. The summed E-state index contributed by atoms with van der Waals surface area (Å²) in [5, 5.41) is 10.8. The smallest absolute Gasteiger partial charge is 0.192 e. The van der Waals surface area contributed by atoms with Gasteiger partial charge in [0.1, 0.15) is 5.75 Å². The molecule has 3 fully saturated rings. The van der Waals surface area contributed by atoms with Crippen LogP contribution in [-0.2, 0) is 14.5 Å². The lowest BCUT2D eigenvalue weighted by atomic mass is 9.67. The second kappa shape index (κ2) is 14.9. The molecule has 1 aromatic rings. The maximum absolute atomic E-state index is 10.5. The van der Waals surface area contributed by atoms with E-state index in [2.05, 4.69) is 100 Å². The molecule has 0 bridgehead atoms. The SMILES string of the molecule is C=C1[C@@H](O[Si](C)(C)C(C)(C)C)CC(=C/C=C2\CC[C@H](C)[C@@H]3[C@H]([C@@H](C)COc4cccc(C(C)(C)O)c4)CC[C@H]23)C[C@H]1O[Si](C)(C)C(C)(C)C. The van der Waals surface area contributed by atoms with Crippen molar-refractivity contribution >= 4 is 16.6 Å². The molecule has 0 radical (unpaired) electrons. The molecule has 0 amide bonds. The third-order valence-electron chi connectivity index (χ3n) is 13.3. The van der Waals surface area contributed by atoms with Gasteiger partial charge in [-0.1, -0.05) is 97.4 Å². The Hall–Kier alpha value is -1.45. The summed E-state index contributed by atoms with van der Waals surface area (Å²) in [6, 6.07) is 7.96. The molecule has 1 N–H and O–H groups in total. The highest BCUT2D eigenvalue weighted by atomic mass is 28.4. The Balaban J connectivity index is 1.53. The van der Waals surface area contributed by atoms with E-state index in [0.717, 1.165) is 35.6 Å². The van der Waals surface area contributed by atoms with Gasteiger partial charge in [-0.25, -0.2) is 0 Å². The van der Waals surface area contributed by atoms with Crippen molar-refractivity contribution in [2.24, 2.45) is 29.6 Å². The van der Waals surface area contributed by atoms with Crippen LogP contribution in [0.3, 0.4) is 0 Å². The first-order valence-electron chi connectivity index (χ1n) is 19.3. The lowest BCUT2D eigenvalue weighted by Crippen LogP contribution is -2.49. The molecule has 7 atom stereocenters. The van der Waals surface area contributed by atoms with E-state index < -0.39 is 22.2 Å². The van der Waals surface area contributed by atoms with Gasteiger partial charge in [0.05, 0.1) is 24.4 Å². The monoisotopic (exact) mass is 708 g/mol. The number of fused-ring (bicyclic) bond motifs is 1. The Labute approximate surface area is 303 Å². The van der Waals surface area contributed by atoms with Gasteiger partial charge in [-0.15, -0.1) is 0 Å². The third kappa shape index (κ3) is 9.51. The first-order chi connectivity index (χ1) is 22.4.